The van der Waals surface area contributed by atoms with Gasteiger partial charge in [-0.05, 0) is 58.8 Å². The molecule has 0 fully saturated rings. The number of nitrogens with zero attached hydrogens (tertiary/aromatic N) is 1. The third kappa shape index (κ3) is 3.89. The smallest absolute Gasteiger partial charge is 0.0413 e. The number of hydrogen-bond donors (Lipinski definition) is 1. The van der Waals surface area contributed by atoms with E-state index in [4.69, 9.17) is 0 Å². The normalized spacial score (nSPS) is 15.3. The predicted molar refractivity (Wildman–Crippen MR) is 73.1 cm³/mol. The molecule has 1 N–H and O–H groups in total. The second kappa shape index (κ2) is 7.05. The van der Waals surface area contributed by atoms with E-state index < -0.39 is 0 Å². The minimum atomic E-state index is 0.532. The fourth-order valence-corrected chi connectivity index (χ4v) is 2.72. The number of nitrogens with one attached hydrogen (secondary N) is 1. The topological polar surface area (TPSA) is 15.3 Å². The Morgan fingerprint density at radius 1 is 1.44 bits per heavy atom. The van der Waals surface area contributed by atoms with Crippen LogP contribution in [0.1, 0.15) is 37.6 Å². The number of thiophene rings is 1. The van der Waals surface area contributed by atoms with Crippen molar-refractivity contribution in [3.63, 3.8) is 0 Å². The molecule has 1 heterocycles. The van der Waals surface area contributed by atoms with Crippen LogP contribution < -0.4 is 5.32 Å². The van der Waals surface area contributed by atoms with Crippen LogP contribution in [0.5, 0.6) is 0 Å². The highest BCUT2D eigenvalue weighted by molar-refractivity contribution is 7.10. The van der Waals surface area contributed by atoms with Gasteiger partial charge in [0.2, 0.25) is 0 Å². The minimum absolute atomic E-state index is 0.532. The standard InChI is InChI=1S/C13H24N2S/c1-11(7-5-9-14-3)15(4)12(2)13-8-6-10-16-13/h6,8,10-12,14H,5,7,9H2,1-4H3. The van der Waals surface area contributed by atoms with Crippen molar-refractivity contribution in [1.82, 2.24) is 10.2 Å². The molecule has 2 unspecified atom stereocenters. The van der Waals surface area contributed by atoms with Gasteiger partial charge in [-0.3, -0.25) is 4.90 Å². The third-order valence-electron chi connectivity index (χ3n) is 3.31. The summed E-state index contributed by atoms with van der Waals surface area (Å²) in [4.78, 5) is 3.93. The maximum absolute atomic E-state index is 3.20. The molecule has 0 saturated carbocycles. The Kier molecular flexibility index (Phi) is 6.03. The Hall–Kier alpha value is -0.380. The van der Waals surface area contributed by atoms with Crippen LogP contribution >= 0.6 is 11.3 Å². The van der Waals surface area contributed by atoms with Gasteiger partial charge >= 0.3 is 0 Å². The van der Waals surface area contributed by atoms with Crippen LogP contribution in [0.25, 0.3) is 0 Å². The highest BCUT2D eigenvalue weighted by Gasteiger charge is 2.17. The summed E-state index contributed by atoms with van der Waals surface area (Å²) in [7, 11) is 4.25. The maximum atomic E-state index is 3.20. The largest absolute Gasteiger partial charge is 0.320 e. The second-order valence-electron chi connectivity index (χ2n) is 4.45. The predicted octanol–water partition coefficient (Wildman–Crippen LogP) is 3.13. The fraction of sp³-hybridized carbons (Fsp3) is 0.692. The monoisotopic (exact) mass is 240 g/mol. The lowest BCUT2D eigenvalue weighted by molar-refractivity contribution is 0.189. The van der Waals surface area contributed by atoms with Crippen molar-refractivity contribution < 1.29 is 0 Å². The lowest BCUT2D eigenvalue weighted by Gasteiger charge is -2.30. The van der Waals surface area contributed by atoms with Gasteiger partial charge in [-0.25, -0.2) is 0 Å². The van der Waals surface area contributed by atoms with Gasteiger partial charge in [0, 0.05) is 17.0 Å². The molecule has 3 heteroatoms. The first kappa shape index (κ1) is 13.7. The fourth-order valence-electron chi connectivity index (χ4n) is 1.89. The Bertz CT molecular complexity index is 271. The van der Waals surface area contributed by atoms with Gasteiger partial charge in [0.25, 0.3) is 0 Å². The van der Waals surface area contributed by atoms with Gasteiger partial charge in [0.05, 0.1) is 0 Å². The molecule has 0 aliphatic rings. The van der Waals surface area contributed by atoms with E-state index in [2.05, 4.69) is 48.6 Å². The Labute approximate surface area is 104 Å². The summed E-state index contributed by atoms with van der Waals surface area (Å²) < 4.78 is 0. The molecule has 0 aliphatic carbocycles. The van der Waals surface area contributed by atoms with E-state index in [0.717, 1.165) is 6.54 Å². The van der Waals surface area contributed by atoms with Crippen molar-refractivity contribution in [3.8, 4) is 0 Å². The van der Waals surface area contributed by atoms with Gasteiger partial charge < -0.3 is 5.32 Å². The summed E-state index contributed by atoms with van der Waals surface area (Å²) in [6.45, 7) is 5.73. The van der Waals surface area contributed by atoms with E-state index in [-0.39, 0.29) is 0 Å². The van der Waals surface area contributed by atoms with Crippen molar-refractivity contribution in [2.45, 2.75) is 38.8 Å². The van der Waals surface area contributed by atoms with E-state index in [1.165, 1.54) is 17.7 Å². The lowest BCUT2D eigenvalue weighted by Crippen LogP contribution is -2.31. The molecule has 92 valence electrons. The average Bonchev–Trinajstić information content (AvgIpc) is 2.80. The molecular weight excluding hydrogens is 216 g/mol. The quantitative estimate of drug-likeness (QED) is 0.737. The molecule has 0 amide bonds. The van der Waals surface area contributed by atoms with E-state index >= 15 is 0 Å². The van der Waals surface area contributed by atoms with Crippen LogP contribution in [0.15, 0.2) is 17.5 Å². The molecule has 1 aromatic heterocycles. The molecule has 1 aromatic rings. The van der Waals surface area contributed by atoms with Crippen molar-refractivity contribution in [3.05, 3.63) is 22.4 Å². The average molecular weight is 240 g/mol. The maximum Gasteiger partial charge on any atom is 0.0413 e. The highest BCUT2D eigenvalue weighted by Crippen LogP contribution is 2.25. The lowest BCUT2D eigenvalue weighted by atomic mass is 10.1. The molecule has 0 aliphatic heterocycles. The van der Waals surface area contributed by atoms with Crippen molar-refractivity contribution in [1.29, 1.82) is 0 Å². The van der Waals surface area contributed by atoms with E-state index in [0.29, 0.717) is 12.1 Å². The van der Waals surface area contributed by atoms with Crippen molar-refractivity contribution >= 4 is 11.3 Å². The Balaban J connectivity index is 2.40. The Morgan fingerprint density at radius 3 is 2.75 bits per heavy atom. The third-order valence-corrected chi connectivity index (χ3v) is 4.35. The molecule has 0 saturated heterocycles. The van der Waals surface area contributed by atoms with Gasteiger partial charge in [0.1, 0.15) is 0 Å². The molecule has 16 heavy (non-hydrogen) atoms. The molecule has 0 radical (unpaired) electrons. The summed E-state index contributed by atoms with van der Waals surface area (Å²) in [6.07, 6.45) is 2.51. The van der Waals surface area contributed by atoms with Crippen molar-refractivity contribution in [2.24, 2.45) is 0 Å². The molecular formula is C13H24N2S. The molecule has 2 atom stereocenters. The van der Waals surface area contributed by atoms with Crippen LogP contribution in [0.4, 0.5) is 0 Å². The second-order valence-corrected chi connectivity index (χ2v) is 5.43. The zero-order valence-electron chi connectivity index (χ0n) is 10.9. The van der Waals surface area contributed by atoms with E-state index in [1.54, 1.807) is 0 Å². The van der Waals surface area contributed by atoms with Gasteiger partial charge in [-0.2, -0.15) is 0 Å². The summed E-state index contributed by atoms with van der Waals surface area (Å²) >= 11 is 1.85. The van der Waals surface area contributed by atoms with Gasteiger partial charge in [-0.15, -0.1) is 11.3 Å². The first-order chi connectivity index (χ1) is 7.66. The first-order valence-corrected chi connectivity index (χ1v) is 6.94. The van der Waals surface area contributed by atoms with Crippen LogP contribution in [-0.4, -0.2) is 31.6 Å². The van der Waals surface area contributed by atoms with Crippen LogP contribution in [0.2, 0.25) is 0 Å². The van der Waals surface area contributed by atoms with Crippen LogP contribution in [-0.2, 0) is 0 Å². The highest BCUT2D eigenvalue weighted by atomic mass is 32.1. The van der Waals surface area contributed by atoms with Crippen LogP contribution in [0.3, 0.4) is 0 Å². The van der Waals surface area contributed by atoms with E-state index in [1.807, 2.05) is 18.4 Å². The van der Waals surface area contributed by atoms with Gasteiger partial charge in [0.15, 0.2) is 0 Å². The number of rotatable bonds is 7. The zero-order valence-corrected chi connectivity index (χ0v) is 11.7. The van der Waals surface area contributed by atoms with E-state index in [9.17, 15) is 0 Å². The summed E-state index contributed by atoms with van der Waals surface area (Å²) in [5.41, 5.74) is 0. The molecule has 1 rings (SSSR count). The molecule has 0 bridgehead atoms. The van der Waals surface area contributed by atoms with Gasteiger partial charge in [-0.1, -0.05) is 6.07 Å². The number of hydrogen-bond acceptors (Lipinski definition) is 3. The first-order valence-electron chi connectivity index (χ1n) is 6.06. The Morgan fingerprint density at radius 2 is 2.19 bits per heavy atom. The minimum Gasteiger partial charge on any atom is -0.320 e. The molecule has 0 aromatic carbocycles. The SMILES string of the molecule is CNCCCC(C)N(C)C(C)c1cccs1. The zero-order chi connectivity index (χ0) is 12.0. The van der Waals surface area contributed by atoms with Crippen LogP contribution in [0, 0.1) is 0 Å². The molecule has 0 spiro atoms. The molecule has 2 nitrogen and oxygen atoms in total. The summed E-state index contributed by atoms with van der Waals surface area (Å²) in [5.74, 6) is 0. The summed E-state index contributed by atoms with van der Waals surface area (Å²) in [5, 5.41) is 5.36. The summed E-state index contributed by atoms with van der Waals surface area (Å²) in [6, 6.07) is 5.54. The van der Waals surface area contributed by atoms with Crippen molar-refractivity contribution in [2.75, 3.05) is 20.6 Å².